The summed E-state index contributed by atoms with van der Waals surface area (Å²) in [6.45, 7) is -0.156. The molecular weight excluding hydrogens is 180 g/mol. The Morgan fingerprint density at radius 2 is 2.25 bits per heavy atom. The number of hydrogen-bond donors (Lipinski definition) is 3. The number of amides is 1. The molecular formula is C6H12N2O3S. The lowest BCUT2D eigenvalue weighted by molar-refractivity contribution is -0.141. The maximum absolute atomic E-state index is 10.9. The molecule has 0 spiro atoms. The molecule has 0 aromatic heterocycles. The molecule has 0 fully saturated rings. The molecule has 12 heavy (non-hydrogen) atoms. The van der Waals surface area contributed by atoms with Crippen LogP contribution in [0.1, 0.15) is 0 Å². The number of hydrogen-bond acceptors (Lipinski definition) is 5. The first kappa shape index (κ1) is 11.2. The Bertz CT molecular complexity index is 174. The number of nitrogens with two attached hydrogens (primary N) is 1. The van der Waals surface area contributed by atoms with E-state index in [1.54, 1.807) is 0 Å². The van der Waals surface area contributed by atoms with Crippen LogP contribution in [0.25, 0.3) is 0 Å². The largest absolute Gasteiger partial charge is 0.468 e. The molecule has 3 N–H and O–H groups in total. The van der Waals surface area contributed by atoms with Crippen LogP contribution in [0.2, 0.25) is 0 Å². The van der Waals surface area contributed by atoms with E-state index in [0.29, 0.717) is 0 Å². The number of carbonyl (C=O) groups is 2. The molecule has 0 rings (SSSR count). The number of carbonyl (C=O) groups excluding carboxylic acids is 2. The number of nitrogens with one attached hydrogen (secondary N) is 1. The molecule has 0 saturated carbocycles. The average Bonchev–Trinajstić information content (AvgIpc) is 2.11. The summed E-state index contributed by atoms with van der Waals surface area (Å²) in [5.41, 5.74) is 5.30. The predicted molar refractivity (Wildman–Crippen MR) is 46.9 cm³/mol. The summed E-state index contributed by atoms with van der Waals surface area (Å²) in [5, 5.41) is 2.30. The van der Waals surface area contributed by atoms with Gasteiger partial charge in [0.25, 0.3) is 0 Å². The van der Waals surface area contributed by atoms with Gasteiger partial charge >= 0.3 is 5.97 Å². The molecule has 0 unspecified atom stereocenters. The number of rotatable bonds is 4. The molecule has 1 atom stereocenters. The van der Waals surface area contributed by atoms with Crippen molar-refractivity contribution in [1.82, 2.24) is 5.32 Å². The average molecular weight is 192 g/mol. The van der Waals surface area contributed by atoms with Crippen LogP contribution in [-0.2, 0) is 14.3 Å². The van der Waals surface area contributed by atoms with Crippen LogP contribution in [-0.4, -0.2) is 37.3 Å². The Hall–Kier alpha value is -0.750. The summed E-state index contributed by atoms with van der Waals surface area (Å²) in [6.07, 6.45) is 0. The van der Waals surface area contributed by atoms with E-state index in [4.69, 9.17) is 5.73 Å². The number of ether oxygens (including phenoxy) is 1. The van der Waals surface area contributed by atoms with Crippen molar-refractivity contribution < 1.29 is 14.3 Å². The van der Waals surface area contributed by atoms with Crippen LogP contribution in [0.15, 0.2) is 0 Å². The van der Waals surface area contributed by atoms with E-state index in [0.717, 1.165) is 0 Å². The molecule has 0 aliphatic rings. The Balaban J connectivity index is 3.64. The van der Waals surface area contributed by atoms with Crippen LogP contribution in [0.4, 0.5) is 0 Å². The smallest absolute Gasteiger partial charge is 0.325 e. The normalized spacial score (nSPS) is 11.9. The van der Waals surface area contributed by atoms with Crippen molar-refractivity contribution in [2.45, 2.75) is 6.04 Å². The van der Waals surface area contributed by atoms with Gasteiger partial charge in [0.2, 0.25) is 5.91 Å². The minimum absolute atomic E-state index is 0.156. The zero-order valence-electron chi connectivity index (χ0n) is 6.74. The van der Waals surface area contributed by atoms with E-state index in [1.807, 2.05) is 0 Å². The topological polar surface area (TPSA) is 81.4 Å². The molecule has 0 heterocycles. The van der Waals surface area contributed by atoms with E-state index in [9.17, 15) is 9.59 Å². The second-order valence-corrected chi connectivity index (χ2v) is 2.45. The summed E-state index contributed by atoms with van der Waals surface area (Å²) in [4.78, 5) is 21.4. The lowest BCUT2D eigenvalue weighted by Gasteiger charge is -2.07. The Labute approximate surface area is 76.0 Å². The van der Waals surface area contributed by atoms with Gasteiger partial charge in [0.1, 0.15) is 6.54 Å². The van der Waals surface area contributed by atoms with Crippen molar-refractivity contribution in [3.63, 3.8) is 0 Å². The first-order chi connectivity index (χ1) is 5.61. The van der Waals surface area contributed by atoms with Gasteiger partial charge in [0, 0.05) is 5.75 Å². The highest BCUT2D eigenvalue weighted by Crippen LogP contribution is 1.82. The fourth-order valence-electron chi connectivity index (χ4n) is 0.445. The van der Waals surface area contributed by atoms with Crippen LogP contribution >= 0.6 is 12.6 Å². The highest BCUT2D eigenvalue weighted by molar-refractivity contribution is 7.80. The number of esters is 1. The van der Waals surface area contributed by atoms with Gasteiger partial charge in [-0.1, -0.05) is 0 Å². The molecule has 0 aliphatic carbocycles. The van der Waals surface area contributed by atoms with E-state index in [2.05, 4.69) is 22.7 Å². The summed E-state index contributed by atoms with van der Waals surface area (Å²) >= 11 is 3.82. The van der Waals surface area contributed by atoms with E-state index in [-0.39, 0.29) is 12.3 Å². The maximum Gasteiger partial charge on any atom is 0.325 e. The molecule has 70 valence electrons. The fraction of sp³-hybridized carbons (Fsp3) is 0.667. The van der Waals surface area contributed by atoms with E-state index < -0.39 is 17.9 Å². The third-order valence-corrected chi connectivity index (χ3v) is 1.56. The summed E-state index contributed by atoms with van der Waals surface area (Å²) in [5.74, 6) is -0.669. The molecule has 0 bridgehead atoms. The van der Waals surface area contributed by atoms with Gasteiger partial charge in [-0.2, -0.15) is 12.6 Å². The first-order valence-corrected chi connectivity index (χ1v) is 3.96. The zero-order valence-corrected chi connectivity index (χ0v) is 7.64. The standard InChI is InChI=1S/C6H12N2O3S/c1-11-5(9)2-8-6(10)4(7)3-12/h4,12H,2-3,7H2,1H3,(H,8,10)/t4-/m0/s1. The molecule has 0 aromatic rings. The number of thiol groups is 1. The molecule has 0 aromatic carbocycles. The van der Waals surface area contributed by atoms with Gasteiger partial charge in [-0.05, 0) is 0 Å². The van der Waals surface area contributed by atoms with Crippen molar-refractivity contribution >= 4 is 24.5 Å². The van der Waals surface area contributed by atoms with Gasteiger partial charge in [-0.15, -0.1) is 0 Å². The highest BCUT2D eigenvalue weighted by atomic mass is 32.1. The van der Waals surface area contributed by atoms with Gasteiger partial charge in [0.15, 0.2) is 0 Å². The van der Waals surface area contributed by atoms with Crippen molar-refractivity contribution in [3.8, 4) is 0 Å². The minimum atomic E-state index is -0.682. The first-order valence-electron chi connectivity index (χ1n) is 3.32. The zero-order chi connectivity index (χ0) is 9.56. The lowest BCUT2D eigenvalue weighted by atomic mass is 10.3. The molecule has 1 amide bonds. The van der Waals surface area contributed by atoms with Crippen molar-refractivity contribution in [2.75, 3.05) is 19.4 Å². The highest BCUT2D eigenvalue weighted by Gasteiger charge is 2.11. The maximum atomic E-state index is 10.9. The Morgan fingerprint density at radius 3 is 2.67 bits per heavy atom. The molecule has 0 aliphatic heterocycles. The lowest BCUT2D eigenvalue weighted by Crippen LogP contribution is -2.43. The van der Waals surface area contributed by atoms with Gasteiger partial charge in [-0.3, -0.25) is 9.59 Å². The van der Waals surface area contributed by atoms with Crippen LogP contribution in [0, 0.1) is 0 Å². The van der Waals surface area contributed by atoms with Crippen molar-refractivity contribution in [3.05, 3.63) is 0 Å². The van der Waals surface area contributed by atoms with E-state index in [1.165, 1.54) is 7.11 Å². The van der Waals surface area contributed by atoms with Crippen molar-refractivity contribution in [1.29, 1.82) is 0 Å². The van der Waals surface area contributed by atoms with Crippen LogP contribution < -0.4 is 11.1 Å². The van der Waals surface area contributed by atoms with E-state index >= 15 is 0 Å². The second kappa shape index (κ2) is 5.84. The van der Waals surface area contributed by atoms with Gasteiger partial charge in [-0.25, -0.2) is 0 Å². The summed E-state index contributed by atoms with van der Waals surface area (Å²) in [6, 6.07) is -0.682. The predicted octanol–water partition coefficient (Wildman–Crippen LogP) is -1.47. The molecule has 0 saturated heterocycles. The Kier molecular flexibility index (Phi) is 5.48. The third-order valence-electron chi connectivity index (χ3n) is 1.17. The van der Waals surface area contributed by atoms with Crippen LogP contribution in [0.3, 0.4) is 0 Å². The number of methoxy groups -OCH3 is 1. The fourth-order valence-corrected chi connectivity index (χ4v) is 0.611. The SMILES string of the molecule is COC(=O)CNC(=O)[C@@H](N)CS. The molecule has 6 heteroatoms. The van der Waals surface area contributed by atoms with Crippen LogP contribution in [0.5, 0.6) is 0 Å². The Morgan fingerprint density at radius 1 is 1.67 bits per heavy atom. The van der Waals surface area contributed by atoms with Gasteiger partial charge < -0.3 is 15.8 Å². The second-order valence-electron chi connectivity index (χ2n) is 2.08. The third kappa shape index (κ3) is 4.20. The molecule has 0 radical (unpaired) electrons. The van der Waals surface area contributed by atoms with Crippen molar-refractivity contribution in [2.24, 2.45) is 5.73 Å². The monoisotopic (exact) mass is 192 g/mol. The minimum Gasteiger partial charge on any atom is -0.468 e. The summed E-state index contributed by atoms with van der Waals surface area (Å²) in [7, 11) is 1.24. The quantitative estimate of drug-likeness (QED) is 0.375. The summed E-state index contributed by atoms with van der Waals surface area (Å²) < 4.78 is 4.30. The van der Waals surface area contributed by atoms with Gasteiger partial charge in [0.05, 0.1) is 13.2 Å². The molecule has 5 nitrogen and oxygen atoms in total.